The minimum Gasteiger partial charge on any atom is -0.355 e. The third-order valence-corrected chi connectivity index (χ3v) is 4.73. The van der Waals surface area contributed by atoms with Crippen LogP contribution in [0.25, 0.3) is 0 Å². The van der Waals surface area contributed by atoms with Crippen LogP contribution in [0.15, 0.2) is 36.4 Å². The smallest absolute Gasteiger partial charge is 0.271 e. The molecule has 0 saturated carbocycles. The van der Waals surface area contributed by atoms with Crippen LogP contribution in [0.4, 0.5) is 5.82 Å². The lowest BCUT2D eigenvalue weighted by Crippen LogP contribution is -2.35. The molecule has 1 aromatic carbocycles. The van der Waals surface area contributed by atoms with Gasteiger partial charge in [-0.1, -0.05) is 30.7 Å². The van der Waals surface area contributed by atoms with Gasteiger partial charge < -0.3 is 10.2 Å². The van der Waals surface area contributed by atoms with Gasteiger partial charge in [0.05, 0.1) is 0 Å². The highest BCUT2D eigenvalue weighted by Crippen LogP contribution is 2.20. The van der Waals surface area contributed by atoms with Crippen molar-refractivity contribution in [1.29, 1.82) is 0 Å². The van der Waals surface area contributed by atoms with Gasteiger partial charge in [0.25, 0.3) is 5.91 Å². The molecule has 132 valence electrons. The number of amides is 1. The monoisotopic (exact) mass is 358 g/mol. The van der Waals surface area contributed by atoms with E-state index in [0.717, 1.165) is 30.9 Å². The Kier molecular flexibility index (Phi) is 5.87. The Bertz CT molecular complexity index is 702. The maximum absolute atomic E-state index is 12.2. The highest BCUT2D eigenvalue weighted by molar-refractivity contribution is 6.30. The lowest BCUT2D eigenvalue weighted by atomic mass is 10.0. The Balaban J connectivity index is 1.51. The highest BCUT2D eigenvalue weighted by atomic mass is 35.5. The van der Waals surface area contributed by atoms with Crippen LogP contribution in [0.2, 0.25) is 5.02 Å². The van der Waals surface area contributed by atoms with E-state index in [1.54, 1.807) is 6.07 Å². The summed E-state index contributed by atoms with van der Waals surface area (Å²) in [6, 6.07) is 11.3. The Morgan fingerprint density at radius 1 is 1.24 bits per heavy atom. The summed E-state index contributed by atoms with van der Waals surface area (Å²) in [5, 5.41) is 11.9. The normalized spacial score (nSPS) is 17.4. The minimum absolute atomic E-state index is 0.194. The van der Waals surface area contributed by atoms with Crippen molar-refractivity contribution in [3.8, 4) is 0 Å². The van der Waals surface area contributed by atoms with Gasteiger partial charge in [-0.25, -0.2) is 0 Å². The van der Waals surface area contributed by atoms with E-state index in [2.05, 4.69) is 27.3 Å². The average molecular weight is 359 g/mol. The van der Waals surface area contributed by atoms with Crippen LogP contribution in [0.5, 0.6) is 0 Å². The van der Waals surface area contributed by atoms with Crippen LogP contribution in [0, 0.1) is 5.92 Å². The van der Waals surface area contributed by atoms with Crippen molar-refractivity contribution in [2.45, 2.75) is 26.2 Å². The molecule has 3 rings (SSSR count). The number of nitrogens with zero attached hydrogens (tertiary/aromatic N) is 3. The van der Waals surface area contributed by atoms with Crippen LogP contribution in [-0.4, -0.2) is 35.7 Å². The van der Waals surface area contributed by atoms with Crippen LogP contribution in [-0.2, 0) is 6.42 Å². The zero-order valence-corrected chi connectivity index (χ0v) is 15.2. The van der Waals surface area contributed by atoms with Crippen molar-refractivity contribution in [2.75, 3.05) is 24.5 Å². The second-order valence-corrected chi connectivity index (χ2v) is 7.04. The van der Waals surface area contributed by atoms with Crippen LogP contribution in [0.3, 0.4) is 0 Å². The Labute approximate surface area is 153 Å². The number of hydrogen-bond acceptors (Lipinski definition) is 4. The van der Waals surface area contributed by atoms with Crippen LogP contribution < -0.4 is 10.2 Å². The fourth-order valence-corrected chi connectivity index (χ4v) is 3.20. The first kappa shape index (κ1) is 17.7. The van der Waals surface area contributed by atoms with Crippen molar-refractivity contribution in [3.05, 3.63) is 52.7 Å². The van der Waals surface area contributed by atoms with Gasteiger partial charge in [0.1, 0.15) is 0 Å². The maximum Gasteiger partial charge on any atom is 0.271 e. The molecule has 1 atom stereocenters. The highest BCUT2D eigenvalue weighted by Gasteiger charge is 2.18. The summed E-state index contributed by atoms with van der Waals surface area (Å²) in [5.41, 5.74) is 1.48. The molecule has 5 nitrogen and oxygen atoms in total. The molecule has 2 heterocycles. The zero-order chi connectivity index (χ0) is 17.6. The largest absolute Gasteiger partial charge is 0.355 e. The first-order valence-electron chi connectivity index (χ1n) is 8.73. The standard InChI is InChI=1S/C19H23ClN4O/c1-14-3-2-12-24(13-14)18-9-8-17(22-23-18)19(25)21-11-10-15-4-6-16(20)7-5-15/h4-9,14H,2-3,10-13H2,1H3,(H,21,25). The third-order valence-electron chi connectivity index (χ3n) is 4.48. The van der Waals surface area contributed by atoms with E-state index in [0.29, 0.717) is 23.2 Å². The summed E-state index contributed by atoms with van der Waals surface area (Å²) in [5.74, 6) is 1.33. The second-order valence-electron chi connectivity index (χ2n) is 6.60. The molecule has 1 aliphatic rings. The van der Waals surface area contributed by atoms with Gasteiger partial charge in [0, 0.05) is 24.7 Å². The minimum atomic E-state index is -0.194. The molecular weight excluding hydrogens is 336 g/mol. The van der Waals surface area contributed by atoms with E-state index < -0.39 is 0 Å². The number of carbonyl (C=O) groups excluding carboxylic acids is 1. The van der Waals surface area contributed by atoms with Crippen molar-refractivity contribution < 1.29 is 4.79 Å². The second kappa shape index (κ2) is 8.30. The maximum atomic E-state index is 12.2. The zero-order valence-electron chi connectivity index (χ0n) is 14.4. The molecular formula is C19H23ClN4O. The lowest BCUT2D eigenvalue weighted by molar-refractivity contribution is 0.0948. The van der Waals surface area contributed by atoms with E-state index in [4.69, 9.17) is 11.6 Å². The number of benzene rings is 1. The lowest BCUT2D eigenvalue weighted by Gasteiger charge is -2.31. The number of aromatic nitrogens is 2. The molecule has 0 spiro atoms. The quantitative estimate of drug-likeness (QED) is 0.890. The van der Waals surface area contributed by atoms with E-state index in [1.165, 1.54) is 12.8 Å². The Morgan fingerprint density at radius 2 is 2.04 bits per heavy atom. The summed E-state index contributed by atoms with van der Waals surface area (Å²) in [7, 11) is 0. The predicted molar refractivity (Wildman–Crippen MR) is 100 cm³/mol. The number of anilines is 1. The van der Waals surface area contributed by atoms with Gasteiger partial charge in [0.2, 0.25) is 0 Å². The summed E-state index contributed by atoms with van der Waals surface area (Å²) < 4.78 is 0. The number of rotatable bonds is 5. The molecule has 1 amide bonds. The first-order chi connectivity index (χ1) is 12.1. The van der Waals surface area contributed by atoms with Gasteiger partial charge in [-0.2, -0.15) is 0 Å². The molecule has 1 aliphatic heterocycles. The predicted octanol–water partition coefficient (Wildman–Crippen LogP) is 3.34. The number of hydrogen-bond donors (Lipinski definition) is 1. The summed E-state index contributed by atoms with van der Waals surface area (Å²) in [6.07, 6.45) is 3.19. The van der Waals surface area contributed by atoms with Gasteiger partial charge in [-0.15, -0.1) is 10.2 Å². The average Bonchev–Trinajstić information content (AvgIpc) is 2.63. The molecule has 1 fully saturated rings. The fraction of sp³-hybridized carbons (Fsp3) is 0.421. The van der Waals surface area contributed by atoms with E-state index in [-0.39, 0.29) is 5.91 Å². The van der Waals surface area contributed by atoms with E-state index in [9.17, 15) is 4.79 Å². The van der Waals surface area contributed by atoms with Gasteiger partial charge in [-0.3, -0.25) is 4.79 Å². The molecule has 0 aliphatic carbocycles. The number of nitrogens with one attached hydrogen (secondary N) is 1. The number of carbonyl (C=O) groups is 1. The molecule has 0 bridgehead atoms. The van der Waals surface area contributed by atoms with Gasteiger partial charge >= 0.3 is 0 Å². The van der Waals surface area contributed by atoms with Gasteiger partial charge in [-0.05, 0) is 55.0 Å². The fourth-order valence-electron chi connectivity index (χ4n) is 3.07. The Hall–Kier alpha value is -2.14. The molecule has 2 aromatic rings. The molecule has 1 saturated heterocycles. The Morgan fingerprint density at radius 3 is 2.72 bits per heavy atom. The topological polar surface area (TPSA) is 58.1 Å². The van der Waals surface area contributed by atoms with Crippen molar-refractivity contribution >= 4 is 23.3 Å². The molecule has 1 N–H and O–H groups in total. The SMILES string of the molecule is CC1CCCN(c2ccc(C(=O)NCCc3ccc(Cl)cc3)nn2)C1. The summed E-state index contributed by atoms with van der Waals surface area (Å²) in [6.45, 7) is 4.81. The van der Waals surface area contributed by atoms with Crippen molar-refractivity contribution in [3.63, 3.8) is 0 Å². The first-order valence-corrected chi connectivity index (χ1v) is 9.11. The van der Waals surface area contributed by atoms with E-state index >= 15 is 0 Å². The third kappa shape index (κ3) is 4.92. The summed E-state index contributed by atoms with van der Waals surface area (Å²) in [4.78, 5) is 14.4. The van der Waals surface area contributed by atoms with Crippen LogP contribution in [0.1, 0.15) is 35.8 Å². The molecule has 0 radical (unpaired) electrons. The van der Waals surface area contributed by atoms with E-state index in [1.807, 2.05) is 30.3 Å². The van der Waals surface area contributed by atoms with Gasteiger partial charge in [0.15, 0.2) is 11.5 Å². The number of halogens is 1. The van der Waals surface area contributed by atoms with Crippen molar-refractivity contribution in [2.24, 2.45) is 5.92 Å². The summed E-state index contributed by atoms with van der Waals surface area (Å²) >= 11 is 5.86. The van der Waals surface area contributed by atoms with Crippen molar-refractivity contribution in [1.82, 2.24) is 15.5 Å². The number of piperidine rings is 1. The molecule has 1 unspecified atom stereocenters. The molecule has 1 aromatic heterocycles. The molecule has 6 heteroatoms. The van der Waals surface area contributed by atoms with Crippen LogP contribution >= 0.6 is 11.6 Å². The molecule has 25 heavy (non-hydrogen) atoms.